The summed E-state index contributed by atoms with van der Waals surface area (Å²) < 4.78 is 0. The lowest BCUT2D eigenvalue weighted by molar-refractivity contribution is 1.58. The van der Waals surface area contributed by atoms with Crippen LogP contribution >= 0.6 is 0 Å². The highest BCUT2D eigenvalue weighted by Gasteiger charge is 1.81. The van der Waals surface area contributed by atoms with E-state index in [2.05, 4.69) is 13.2 Å². The van der Waals surface area contributed by atoms with Gasteiger partial charge in [0.05, 0.1) is 0 Å². The molecule has 0 aliphatic carbocycles. The molecule has 1 rings (SSSR count). The van der Waals surface area contributed by atoms with Crippen molar-refractivity contribution in [2.24, 2.45) is 0 Å². The lowest BCUT2D eigenvalue weighted by Gasteiger charge is -1.91. The van der Waals surface area contributed by atoms with Crippen LogP contribution in [0.2, 0.25) is 0 Å². The summed E-state index contributed by atoms with van der Waals surface area (Å²) in [6.07, 6.45) is 1.72. The van der Waals surface area contributed by atoms with Gasteiger partial charge in [-0.3, -0.25) is 0 Å². The summed E-state index contributed by atoms with van der Waals surface area (Å²) in [5.74, 6) is 0. The summed E-state index contributed by atoms with van der Waals surface area (Å²) in [4.78, 5) is 0. The second-order valence-corrected chi connectivity index (χ2v) is 2.72. The predicted octanol–water partition coefficient (Wildman–Crippen LogP) is 2.60. The van der Waals surface area contributed by atoms with Gasteiger partial charge >= 0.3 is 0 Å². The van der Waals surface area contributed by atoms with Crippen molar-refractivity contribution in [3.05, 3.63) is 49.1 Å². The minimum absolute atomic E-state index is 0.713. The Bertz CT molecular complexity index is 273. The Hall–Kier alpha value is -1.70. The molecule has 1 aromatic rings. The molecule has 0 unspecified atom stereocenters. The number of allylic oxidation sites excluding steroid dienone is 2. The molecule has 0 aromatic heterocycles. The van der Waals surface area contributed by atoms with Gasteiger partial charge in [-0.1, -0.05) is 30.9 Å². The molecule has 2 heteroatoms. The predicted molar refractivity (Wildman–Crippen MR) is 60.3 cm³/mol. The number of anilines is 2. The fourth-order valence-corrected chi connectivity index (χ4v) is 0.559. The van der Waals surface area contributed by atoms with Gasteiger partial charge in [-0.2, -0.15) is 0 Å². The molecule has 0 saturated heterocycles. The number of hydrogen-bond acceptors (Lipinski definition) is 2. The van der Waals surface area contributed by atoms with Gasteiger partial charge in [0, 0.05) is 11.4 Å². The minimum Gasteiger partial charge on any atom is -0.399 e. The van der Waals surface area contributed by atoms with Crippen LogP contribution in [-0.4, -0.2) is 0 Å². The molecule has 4 N–H and O–H groups in total. The van der Waals surface area contributed by atoms with E-state index in [1.807, 2.05) is 13.0 Å². The first-order chi connectivity index (χ1) is 6.06. The molecule has 13 heavy (non-hydrogen) atoms. The first kappa shape index (κ1) is 11.3. The van der Waals surface area contributed by atoms with Crippen LogP contribution in [0.3, 0.4) is 0 Å². The molecular formula is C11H16N2. The Morgan fingerprint density at radius 2 is 1.69 bits per heavy atom. The van der Waals surface area contributed by atoms with Gasteiger partial charge in [0.2, 0.25) is 0 Å². The van der Waals surface area contributed by atoms with Gasteiger partial charge in [-0.25, -0.2) is 0 Å². The molecule has 0 saturated carbocycles. The monoisotopic (exact) mass is 176 g/mol. The van der Waals surface area contributed by atoms with Gasteiger partial charge in [0.25, 0.3) is 0 Å². The van der Waals surface area contributed by atoms with Crippen LogP contribution in [0.15, 0.2) is 49.1 Å². The van der Waals surface area contributed by atoms with Crippen LogP contribution < -0.4 is 11.5 Å². The summed E-state index contributed by atoms with van der Waals surface area (Å²) in [7, 11) is 0. The lowest BCUT2D eigenvalue weighted by atomic mass is 10.3. The Labute approximate surface area is 79.6 Å². The number of hydrogen-bond donors (Lipinski definition) is 2. The zero-order valence-electron chi connectivity index (χ0n) is 7.96. The molecule has 2 nitrogen and oxygen atoms in total. The smallest absolute Gasteiger partial charge is 0.0334 e. The molecule has 1 aromatic carbocycles. The van der Waals surface area contributed by atoms with E-state index in [9.17, 15) is 0 Å². The van der Waals surface area contributed by atoms with Gasteiger partial charge in [0.1, 0.15) is 0 Å². The van der Waals surface area contributed by atoms with E-state index in [0.29, 0.717) is 11.4 Å². The number of nitrogens with two attached hydrogens (primary N) is 2. The van der Waals surface area contributed by atoms with Crippen molar-refractivity contribution in [2.45, 2.75) is 6.92 Å². The summed E-state index contributed by atoms with van der Waals surface area (Å²) in [5.41, 5.74) is 13.2. The topological polar surface area (TPSA) is 52.0 Å². The third kappa shape index (κ3) is 6.69. The zero-order chi connectivity index (χ0) is 10.3. The van der Waals surface area contributed by atoms with E-state index in [0.717, 1.165) is 5.57 Å². The summed E-state index contributed by atoms with van der Waals surface area (Å²) in [5, 5.41) is 0. The highest BCUT2D eigenvalue weighted by atomic mass is 14.6. The molecule has 0 heterocycles. The quantitative estimate of drug-likeness (QED) is 0.510. The zero-order valence-corrected chi connectivity index (χ0v) is 7.96. The molecule has 0 bridgehead atoms. The van der Waals surface area contributed by atoms with E-state index in [1.54, 1.807) is 24.3 Å². The van der Waals surface area contributed by atoms with Crippen molar-refractivity contribution in [1.29, 1.82) is 0 Å². The summed E-state index contributed by atoms with van der Waals surface area (Å²) in [6, 6.07) is 7.15. The normalized spacial score (nSPS) is 8.08. The Morgan fingerprint density at radius 3 is 1.85 bits per heavy atom. The third-order valence-corrected chi connectivity index (χ3v) is 1.26. The number of benzene rings is 1. The van der Waals surface area contributed by atoms with Crippen LogP contribution in [0.4, 0.5) is 11.4 Å². The van der Waals surface area contributed by atoms with E-state index < -0.39 is 0 Å². The van der Waals surface area contributed by atoms with E-state index >= 15 is 0 Å². The van der Waals surface area contributed by atoms with Gasteiger partial charge < -0.3 is 11.5 Å². The third-order valence-electron chi connectivity index (χ3n) is 1.26. The average Bonchev–Trinajstić information content (AvgIpc) is 2.05. The van der Waals surface area contributed by atoms with Crippen LogP contribution in [0.25, 0.3) is 0 Å². The van der Waals surface area contributed by atoms with Crippen molar-refractivity contribution in [2.75, 3.05) is 11.5 Å². The fourth-order valence-electron chi connectivity index (χ4n) is 0.559. The second kappa shape index (κ2) is 5.89. The first-order valence-corrected chi connectivity index (χ1v) is 3.95. The average molecular weight is 176 g/mol. The number of rotatable bonds is 1. The molecule has 0 spiro atoms. The molecule has 0 fully saturated rings. The Kier molecular flexibility index (Phi) is 5.12. The van der Waals surface area contributed by atoms with Crippen LogP contribution in [-0.2, 0) is 0 Å². The fraction of sp³-hybridized carbons (Fsp3) is 0.0909. The molecule has 0 atom stereocenters. The van der Waals surface area contributed by atoms with Crippen molar-refractivity contribution < 1.29 is 0 Å². The van der Waals surface area contributed by atoms with Crippen LogP contribution in [0.5, 0.6) is 0 Å². The Balaban J connectivity index is 0.000000252. The molecule has 0 aliphatic heterocycles. The summed E-state index contributed by atoms with van der Waals surface area (Å²) >= 11 is 0. The maximum atomic E-state index is 5.38. The lowest BCUT2D eigenvalue weighted by Crippen LogP contribution is -1.87. The molecule has 70 valence electrons. The maximum Gasteiger partial charge on any atom is 0.0334 e. The van der Waals surface area contributed by atoms with Crippen molar-refractivity contribution in [1.82, 2.24) is 0 Å². The van der Waals surface area contributed by atoms with Crippen molar-refractivity contribution in [3.8, 4) is 0 Å². The van der Waals surface area contributed by atoms with Crippen molar-refractivity contribution in [3.63, 3.8) is 0 Å². The van der Waals surface area contributed by atoms with Gasteiger partial charge in [-0.15, -0.1) is 0 Å². The van der Waals surface area contributed by atoms with Crippen LogP contribution in [0, 0.1) is 0 Å². The SMILES string of the molecule is C=CC(=C)C.Nc1cccc(N)c1. The molecule has 0 aliphatic rings. The van der Waals surface area contributed by atoms with Crippen molar-refractivity contribution >= 4 is 11.4 Å². The Morgan fingerprint density at radius 1 is 1.31 bits per heavy atom. The first-order valence-electron chi connectivity index (χ1n) is 3.95. The maximum absolute atomic E-state index is 5.38. The molecular weight excluding hydrogens is 160 g/mol. The number of nitrogen functional groups attached to an aromatic ring is 2. The van der Waals surface area contributed by atoms with E-state index in [-0.39, 0.29) is 0 Å². The second-order valence-electron chi connectivity index (χ2n) is 2.72. The van der Waals surface area contributed by atoms with Gasteiger partial charge in [0.15, 0.2) is 0 Å². The minimum atomic E-state index is 0.713. The van der Waals surface area contributed by atoms with Crippen LogP contribution in [0.1, 0.15) is 6.92 Å². The summed E-state index contributed by atoms with van der Waals surface area (Å²) in [6.45, 7) is 8.93. The molecule has 0 amide bonds. The highest BCUT2D eigenvalue weighted by Crippen LogP contribution is 2.06. The highest BCUT2D eigenvalue weighted by molar-refractivity contribution is 5.50. The van der Waals surface area contributed by atoms with Gasteiger partial charge in [-0.05, 0) is 25.1 Å². The molecule has 0 radical (unpaired) electrons. The van der Waals surface area contributed by atoms with E-state index in [4.69, 9.17) is 11.5 Å². The largest absolute Gasteiger partial charge is 0.399 e. The standard InChI is InChI=1S/C6H8N2.C5H8/c7-5-2-1-3-6(8)4-5;1-4-5(2)3/h1-4H,7-8H2;4H,1-2H2,3H3. The van der Waals surface area contributed by atoms with E-state index in [1.165, 1.54) is 0 Å².